The van der Waals surface area contributed by atoms with Gasteiger partial charge in [-0.05, 0) is 74.8 Å². The summed E-state index contributed by atoms with van der Waals surface area (Å²) in [6, 6.07) is 80.6. The van der Waals surface area contributed by atoms with Gasteiger partial charge < -0.3 is 0 Å². The molecule has 0 N–H and O–H groups in total. The molecule has 4 nitrogen and oxygen atoms in total. The van der Waals surface area contributed by atoms with Crippen LogP contribution in [0.3, 0.4) is 0 Å². The molecular weight excluding hydrogens is 753 g/mol. The Kier molecular flexibility index (Phi) is 9.49. The maximum Gasteiger partial charge on any atom is 0.164 e. The second kappa shape index (κ2) is 16.0. The van der Waals surface area contributed by atoms with Crippen molar-refractivity contribution in [2.75, 3.05) is 0 Å². The number of aromatic nitrogens is 4. The first-order valence-electron chi connectivity index (χ1n) is 20.9. The van der Waals surface area contributed by atoms with E-state index < -0.39 is 0 Å². The molecule has 11 aromatic rings. The number of para-hydroxylation sites is 1. The van der Waals surface area contributed by atoms with E-state index >= 15 is 0 Å². The van der Waals surface area contributed by atoms with E-state index in [9.17, 15) is 0 Å². The van der Waals surface area contributed by atoms with Crippen LogP contribution in [0.5, 0.6) is 0 Å². The van der Waals surface area contributed by atoms with Crippen molar-refractivity contribution in [3.05, 3.63) is 231 Å². The summed E-state index contributed by atoms with van der Waals surface area (Å²) in [5.74, 6) is 1.85. The van der Waals surface area contributed by atoms with Gasteiger partial charge in [0.25, 0.3) is 0 Å². The molecule has 0 saturated heterocycles. The van der Waals surface area contributed by atoms with Gasteiger partial charge >= 0.3 is 0 Å². The summed E-state index contributed by atoms with van der Waals surface area (Å²) in [4.78, 5) is 20.7. The van der Waals surface area contributed by atoms with Crippen molar-refractivity contribution in [1.82, 2.24) is 19.9 Å². The van der Waals surface area contributed by atoms with Crippen molar-refractivity contribution in [2.24, 2.45) is 0 Å². The molecule has 0 radical (unpaired) electrons. The Morgan fingerprint density at radius 1 is 0.226 bits per heavy atom. The molecule has 0 amide bonds. The lowest BCUT2D eigenvalue weighted by Gasteiger charge is -2.15. The molecule has 0 aliphatic rings. The lowest BCUT2D eigenvalue weighted by Crippen LogP contribution is -2.00. The van der Waals surface area contributed by atoms with Crippen molar-refractivity contribution < 1.29 is 0 Å². The monoisotopic (exact) mass is 790 g/mol. The molecule has 62 heavy (non-hydrogen) atoms. The minimum atomic E-state index is 0.611. The molecule has 0 aliphatic heterocycles. The first-order valence-corrected chi connectivity index (χ1v) is 20.9. The fourth-order valence-corrected chi connectivity index (χ4v) is 8.46. The number of hydrogen-bond donors (Lipinski definition) is 0. The molecule has 9 aromatic carbocycles. The van der Waals surface area contributed by atoms with E-state index in [2.05, 4.69) is 212 Å². The largest absolute Gasteiger partial charge is 0.247 e. The topological polar surface area (TPSA) is 51.6 Å². The Hall–Kier alpha value is -8.34. The van der Waals surface area contributed by atoms with Gasteiger partial charge in [0, 0.05) is 38.4 Å². The predicted octanol–water partition coefficient (Wildman–Crippen LogP) is 14.9. The van der Waals surface area contributed by atoms with Gasteiger partial charge in [0.05, 0.1) is 11.2 Å². The SMILES string of the molecule is c1ccc(-c2cccc(-c3nc(-c4cccc(-c5ccccc5)c4)nc(-c4cccc(-c5cccc(-c6cccc7c(-c8ccccc8)nc8ccccc8c67)c5)c4)n3)c2)cc1. The quantitative estimate of drug-likeness (QED) is 0.144. The smallest absolute Gasteiger partial charge is 0.164 e. The molecule has 0 aliphatic carbocycles. The molecule has 2 aromatic heterocycles. The molecule has 0 saturated carbocycles. The number of nitrogens with zero attached hydrogens (tertiary/aromatic N) is 4. The van der Waals surface area contributed by atoms with E-state index in [1.807, 2.05) is 18.2 Å². The molecule has 0 atom stereocenters. The third-order valence-corrected chi connectivity index (χ3v) is 11.5. The van der Waals surface area contributed by atoms with Gasteiger partial charge in [0.1, 0.15) is 0 Å². The summed E-state index contributed by atoms with van der Waals surface area (Å²) >= 11 is 0. The molecule has 0 bridgehead atoms. The summed E-state index contributed by atoms with van der Waals surface area (Å²) in [6.45, 7) is 0. The summed E-state index contributed by atoms with van der Waals surface area (Å²) in [6.07, 6.45) is 0. The predicted molar refractivity (Wildman–Crippen MR) is 256 cm³/mol. The highest BCUT2D eigenvalue weighted by molar-refractivity contribution is 6.17. The highest BCUT2D eigenvalue weighted by Gasteiger charge is 2.17. The number of hydrogen-bond acceptors (Lipinski definition) is 4. The molecular formula is C58H38N4. The van der Waals surface area contributed by atoms with Crippen molar-refractivity contribution in [2.45, 2.75) is 0 Å². The number of rotatable bonds is 8. The van der Waals surface area contributed by atoms with Crippen LogP contribution in [-0.4, -0.2) is 19.9 Å². The first kappa shape index (κ1) is 36.7. The van der Waals surface area contributed by atoms with E-state index in [0.29, 0.717) is 17.5 Å². The van der Waals surface area contributed by atoms with E-state index in [-0.39, 0.29) is 0 Å². The second-order valence-electron chi connectivity index (χ2n) is 15.4. The van der Waals surface area contributed by atoms with Crippen LogP contribution in [0, 0.1) is 0 Å². The van der Waals surface area contributed by atoms with Gasteiger partial charge in [-0.3, -0.25) is 0 Å². The molecule has 290 valence electrons. The molecule has 11 rings (SSSR count). The van der Waals surface area contributed by atoms with E-state index in [4.69, 9.17) is 19.9 Å². The van der Waals surface area contributed by atoms with Crippen LogP contribution in [0.15, 0.2) is 231 Å². The standard InChI is InChI=1S/C58H38N4/c1-4-17-39(18-5-1)42-23-13-28-47(36-42)56-60-57(48-29-14-24-43(37-48)40-19-6-2-7-20-40)62-58(61-56)49-30-15-26-45(38-49)44-25-12-27-46(35-44)50-32-16-33-52-54(50)51-31-10-11-34-53(51)59-55(52)41-21-8-3-9-22-41/h1-38H. The Morgan fingerprint density at radius 3 is 1.10 bits per heavy atom. The van der Waals surface area contributed by atoms with Crippen molar-refractivity contribution in [1.29, 1.82) is 0 Å². The van der Waals surface area contributed by atoms with Gasteiger partial charge in [0.2, 0.25) is 0 Å². The van der Waals surface area contributed by atoms with E-state index in [0.717, 1.165) is 83.2 Å². The molecule has 4 heteroatoms. The maximum absolute atomic E-state index is 5.18. The second-order valence-corrected chi connectivity index (χ2v) is 15.4. The number of pyridine rings is 1. The zero-order valence-electron chi connectivity index (χ0n) is 33.7. The highest BCUT2D eigenvalue weighted by atomic mass is 15.0. The van der Waals surface area contributed by atoms with E-state index in [1.54, 1.807) is 0 Å². The molecule has 0 unspecified atom stereocenters. The molecule has 0 spiro atoms. The number of benzene rings is 9. The van der Waals surface area contributed by atoms with Gasteiger partial charge in [-0.1, -0.05) is 200 Å². The van der Waals surface area contributed by atoms with E-state index in [1.165, 1.54) is 10.9 Å². The lowest BCUT2D eigenvalue weighted by molar-refractivity contribution is 1.07. The van der Waals surface area contributed by atoms with Crippen LogP contribution in [0.25, 0.3) is 112 Å². The van der Waals surface area contributed by atoms with Crippen LogP contribution in [0.4, 0.5) is 0 Å². The summed E-state index contributed by atoms with van der Waals surface area (Å²) < 4.78 is 0. The minimum Gasteiger partial charge on any atom is -0.247 e. The summed E-state index contributed by atoms with van der Waals surface area (Å²) in [5, 5.41) is 3.46. The zero-order valence-corrected chi connectivity index (χ0v) is 33.7. The van der Waals surface area contributed by atoms with Crippen LogP contribution in [0.2, 0.25) is 0 Å². The Bertz CT molecular complexity index is 3300. The van der Waals surface area contributed by atoms with Gasteiger partial charge in [-0.2, -0.15) is 0 Å². The van der Waals surface area contributed by atoms with Crippen LogP contribution in [0.1, 0.15) is 0 Å². The average molecular weight is 791 g/mol. The Morgan fingerprint density at radius 2 is 0.581 bits per heavy atom. The van der Waals surface area contributed by atoms with Gasteiger partial charge in [-0.25, -0.2) is 19.9 Å². The molecule has 2 heterocycles. The fourth-order valence-electron chi connectivity index (χ4n) is 8.46. The minimum absolute atomic E-state index is 0.611. The van der Waals surface area contributed by atoms with Crippen molar-refractivity contribution in [3.63, 3.8) is 0 Å². The van der Waals surface area contributed by atoms with Crippen molar-refractivity contribution in [3.8, 4) is 89.9 Å². The molecule has 0 fully saturated rings. The van der Waals surface area contributed by atoms with Crippen LogP contribution in [-0.2, 0) is 0 Å². The Labute approximate surface area is 360 Å². The zero-order chi connectivity index (χ0) is 41.2. The van der Waals surface area contributed by atoms with Gasteiger partial charge in [0.15, 0.2) is 17.5 Å². The van der Waals surface area contributed by atoms with Crippen LogP contribution < -0.4 is 0 Å². The lowest BCUT2D eigenvalue weighted by atomic mass is 9.91. The normalized spacial score (nSPS) is 11.2. The third kappa shape index (κ3) is 7.10. The number of fused-ring (bicyclic) bond motifs is 3. The maximum atomic E-state index is 5.18. The fraction of sp³-hybridized carbons (Fsp3) is 0. The Balaban J connectivity index is 1.03. The summed E-state index contributed by atoms with van der Waals surface area (Å²) in [7, 11) is 0. The first-order chi connectivity index (χ1) is 30.7. The third-order valence-electron chi connectivity index (χ3n) is 11.5. The highest BCUT2D eigenvalue weighted by Crippen LogP contribution is 2.40. The average Bonchev–Trinajstić information content (AvgIpc) is 3.36. The van der Waals surface area contributed by atoms with Crippen molar-refractivity contribution >= 4 is 21.7 Å². The van der Waals surface area contributed by atoms with Crippen LogP contribution >= 0.6 is 0 Å². The van der Waals surface area contributed by atoms with Gasteiger partial charge in [-0.15, -0.1) is 0 Å². The summed E-state index contributed by atoms with van der Waals surface area (Å²) in [5.41, 5.74) is 14.8.